The summed E-state index contributed by atoms with van der Waals surface area (Å²) in [6.07, 6.45) is 1.34. The topological polar surface area (TPSA) is 111 Å². The lowest BCUT2D eigenvalue weighted by Gasteiger charge is -2.15. The van der Waals surface area contributed by atoms with Crippen molar-refractivity contribution in [2.45, 2.75) is 19.8 Å². The molecule has 0 unspecified atom stereocenters. The Labute approximate surface area is 138 Å². The molecule has 0 aromatic heterocycles. The maximum Gasteiger partial charge on any atom is 0.334 e. The normalized spacial score (nSPS) is 14.1. The Balaban J connectivity index is 2.06. The zero-order valence-electron chi connectivity index (χ0n) is 13.1. The molecule has 0 spiro atoms. The Morgan fingerprint density at radius 3 is 2.50 bits per heavy atom. The summed E-state index contributed by atoms with van der Waals surface area (Å²) in [5, 5.41) is 11.4. The third-order valence-corrected chi connectivity index (χ3v) is 3.49. The molecule has 0 bridgehead atoms. The first-order valence-electron chi connectivity index (χ1n) is 7.45. The van der Waals surface area contributed by atoms with Gasteiger partial charge in [-0.1, -0.05) is 25.5 Å². The number of amides is 5. The number of hydrogen-bond acceptors (Lipinski definition) is 5. The van der Waals surface area contributed by atoms with E-state index in [4.69, 9.17) is 5.26 Å². The quantitative estimate of drug-likeness (QED) is 0.621. The summed E-state index contributed by atoms with van der Waals surface area (Å²) in [6.45, 7) is 1.46. The van der Waals surface area contributed by atoms with Crippen LogP contribution in [-0.2, 0) is 14.4 Å². The van der Waals surface area contributed by atoms with Gasteiger partial charge in [0.05, 0.1) is 11.3 Å². The molecule has 8 nitrogen and oxygen atoms in total. The smallest absolute Gasteiger partial charge is 0.323 e. The van der Waals surface area contributed by atoms with Crippen molar-refractivity contribution in [2.75, 3.05) is 18.4 Å². The largest absolute Gasteiger partial charge is 0.334 e. The lowest BCUT2D eigenvalue weighted by Crippen LogP contribution is -2.39. The monoisotopic (exact) mass is 328 g/mol. The zero-order chi connectivity index (χ0) is 17.7. The summed E-state index contributed by atoms with van der Waals surface area (Å²) in [4.78, 5) is 49.3. The summed E-state index contributed by atoms with van der Waals surface area (Å²) >= 11 is 0. The first kappa shape index (κ1) is 17.1. The van der Waals surface area contributed by atoms with E-state index in [1.54, 1.807) is 12.1 Å². The summed E-state index contributed by atoms with van der Waals surface area (Å²) in [5.41, 5.74) is 0.531. The molecule has 1 aromatic carbocycles. The van der Waals surface area contributed by atoms with E-state index >= 15 is 0 Å². The molecule has 0 aliphatic carbocycles. The van der Waals surface area contributed by atoms with Gasteiger partial charge in [0, 0.05) is 6.54 Å². The summed E-state index contributed by atoms with van der Waals surface area (Å²) in [5.74, 6) is -2.59. The van der Waals surface area contributed by atoms with Gasteiger partial charge in [-0.05, 0) is 18.6 Å². The third-order valence-electron chi connectivity index (χ3n) is 3.49. The van der Waals surface area contributed by atoms with Crippen LogP contribution in [0.1, 0.15) is 25.3 Å². The van der Waals surface area contributed by atoms with Crippen molar-refractivity contribution in [2.24, 2.45) is 0 Å². The van der Waals surface area contributed by atoms with E-state index < -0.39 is 30.3 Å². The molecular formula is C16H16N4O4. The van der Waals surface area contributed by atoms with Crippen LogP contribution in [0.15, 0.2) is 24.3 Å². The summed E-state index contributed by atoms with van der Waals surface area (Å²) in [7, 11) is 0. The molecule has 1 heterocycles. The van der Waals surface area contributed by atoms with Crippen molar-refractivity contribution in [3.63, 3.8) is 0 Å². The second-order valence-electron chi connectivity index (χ2n) is 5.19. The number of urea groups is 1. The van der Waals surface area contributed by atoms with Gasteiger partial charge in [0.25, 0.3) is 0 Å². The SMILES string of the molecule is CCCCN1C(=O)C(=O)N(CC(=O)Nc2ccccc2C#N)C1=O. The van der Waals surface area contributed by atoms with Crippen LogP contribution in [0.2, 0.25) is 0 Å². The van der Waals surface area contributed by atoms with Crippen molar-refractivity contribution >= 4 is 29.4 Å². The number of para-hydroxylation sites is 1. The minimum absolute atomic E-state index is 0.148. The van der Waals surface area contributed by atoms with E-state index in [0.717, 1.165) is 11.3 Å². The molecular weight excluding hydrogens is 312 g/mol. The van der Waals surface area contributed by atoms with Crippen LogP contribution >= 0.6 is 0 Å². The van der Waals surface area contributed by atoms with Crippen LogP contribution in [0, 0.1) is 11.3 Å². The molecule has 1 fully saturated rings. The van der Waals surface area contributed by atoms with Gasteiger partial charge >= 0.3 is 17.8 Å². The van der Waals surface area contributed by atoms with Crippen molar-refractivity contribution in [1.82, 2.24) is 9.80 Å². The van der Waals surface area contributed by atoms with E-state index in [-0.39, 0.29) is 17.8 Å². The Morgan fingerprint density at radius 1 is 1.17 bits per heavy atom. The van der Waals surface area contributed by atoms with Crippen molar-refractivity contribution in [3.05, 3.63) is 29.8 Å². The number of rotatable bonds is 6. The Kier molecular flexibility index (Phi) is 5.27. The van der Waals surface area contributed by atoms with E-state index in [0.29, 0.717) is 11.3 Å². The first-order valence-corrected chi connectivity index (χ1v) is 7.45. The molecule has 24 heavy (non-hydrogen) atoms. The Morgan fingerprint density at radius 2 is 1.83 bits per heavy atom. The Hall–Kier alpha value is -3.21. The number of imide groups is 2. The van der Waals surface area contributed by atoms with Crippen LogP contribution < -0.4 is 5.32 Å². The molecule has 1 saturated heterocycles. The van der Waals surface area contributed by atoms with Gasteiger partial charge in [-0.2, -0.15) is 5.26 Å². The van der Waals surface area contributed by atoms with Crippen LogP contribution in [0.5, 0.6) is 0 Å². The fraction of sp³-hybridized carbons (Fsp3) is 0.312. The van der Waals surface area contributed by atoms with Gasteiger partial charge < -0.3 is 5.32 Å². The van der Waals surface area contributed by atoms with Crippen molar-refractivity contribution in [1.29, 1.82) is 5.26 Å². The molecule has 0 atom stereocenters. The minimum Gasteiger partial charge on any atom is -0.323 e. The lowest BCUT2D eigenvalue weighted by atomic mass is 10.2. The number of hydrogen-bond donors (Lipinski definition) is 1. The zero-order valence-corrected chi connectivity index (χ0v) is 13.1. The highest BCUT2D eigenvalue weighted by Crippen LogP contribution is 2.16. The molecule has 2 rings (SSSR count). The number of unbranched alkanes of at least 4 members (excludes halogenated alkanes) is 1. The first-order chi connectivity index (χ1) is 11.5. The molecule has 1 aliphatic heterocycles. The molecule has 1 aliphatic rings. The van der Waals surface area contributed by atoms with Gasteiger partial charge in [0.15, 0.2) is 0 Å². The predicted molar refractivity (Wildman–Crippen MR) is 83.5 cm³/mol. The van der Waals surface area contributed by atoms with Crippen LogP contribution in [0.25, 0.3) is 0 Å². The van der Waals surface area contributed by atoms with Gasteiger partial charge in [0.1, 0.15) is 12.6 Å². The highest BCUT2D eigenvalue weighted by Gasteiger charge is 2.44. The fourth-order valence-corrected chi connectivity index (χ4v) is 2.23. The molecule has 5 amide bonds. The number of nitrogens with one attached hydrogen (secondary N) is 1. The standard InChI is InChI=1S/C16H16N4O4/c1-2-3-8-19-14(22)15(23)20(16(19)24)10-13(21)18-12-7-5-4-6-11(12)9-17/h4-7H,2-3,8,10H2,1H3,(H,18,21). The number of carbonyl (C=O) groups is 4. The van der Waals surface area contributed by atoms with Gasteiger partial charge in [-0.25, -0.2) is 9.69 Å². The van der Waals surface area contributed by atoms with E-state index in [2.05, 4.69) is 5.32 Å². The van der Waals surface area contributed by atoms with Crippen molar-refractivity contribution < 1.29 is 19.2 Å². The van der Waals surface area contributed by atoms with Crippen LogP contribution in [-0.4, -0.2) is 46.6 Å². The van der Waals surface area contributed by atoms with Gasteiger partial charge in [0.2, 0.25) is 5.91 Å². The molecule has 1 aromatic rings. The number of nitrogens with zero attached hydrogens (tertiary/aromatic N) is 3. The van der Waals surface area contributed by atoms with Crippen LogP contribution in [0.4, 0.5) is 10.5 Å². The van der Waals surface area contributed by atoms with Crippen LogP contribution in [0.3, 0.4) is 0 Å². The molecule has 0 saturated carbocycles. The molecule has 124 valence electrons. The fourth-order valence-electron chi connectivity index (χ4n) is 2.23. The van der Waals surface area contributed by atoms with E-state index in [9.17, 15) is 19.2 Å². The van der Waals surface area contributed by atoms with Gasteiger partial charge in [-0.3, -0.25) is 19.3 Å². The average molecular weight is 328 g/mol. The maximum atomic E-state index is 12.1. The molecule has 1 N–H and O–H groups in total. The number of carbonyl (C=O) groups excluding carboxylic acids is 4. The maximum absolute atomic E-state index is 12.1. The number of anilines is 1. The summed E-state index contributed by atoms with van der Waals surface area (Å²) < 4.78 is 0. The predicted octanol–water partition coefficient (Wildman–Crippen LogP) is 1.09. The minimum atomic E-state index is -1.01. The number of nitriles is 1. The molecule has 8 heteroatoms. The third kappa shape index (κ3) is 3.41. The van der Waals surface area contributed by atoms with E-state index in [1.807, 2.05) is 13.0 Å². The molecule has 0 radical (unpaired) electrons. The average Bonchev–Trinajstić information content (AvgIpc) is 2.77. The van der Waals surface area contributed by atoms with Crippen molar-refractivity contribution in [3.8, 4) is 6.07 Å². The van der Waals surface area contributed by atoms with E-state index in [1.165, 1.54) is 12.1 Å². The van der Waals surface area contributed by atoms with Gasteiger partial charge in [-0.15, -0.1) is 0 Å². The number of benzene rings is 1. The lowest BCUT2D eigenvalue weighted by molar-refractivity contribution is -0.143. The summed E-state index contributed by atoms with van der Waals surface area (Å²) in [6, 6.07) is 7.47. The Bertz CT molecular complexity index is 738. The highest BCUT2D eigenvalue weighted by atomic mass is 16.2. The second-order valence-corrected chi connectivity index (χ2v) is 5.19. The highest BCUT2D eigenvalue weighted by molar-refractivity contribution is 6.45. The second kappa shape index (κ2) is 7.37.